The Kier molecular flexibility index (Phi) is 4.86. The van der Waals surface area contributed by atoms with Crippen LogP contribution in [0.15, 0.2) is 48.5 Å². The van der Waals surface area contributed by atoms with Gasteiger partial charge in [0, 0.05) is 37.1 Å². The van der Waals surface area contributed by atoms with E-state index in [0.717, 1.165) is 11.3 Å². The highest BCUT2D eigenvalue weighted by molar-refractivity contribution is 5.54. The number of nitrogens with one attached hydrogen (secondary N) is 1. The van der Waals surface area contributed by atoms with Crippen LogP contribution in [0.25, 0.3) is 0 Å². The SMILES string of the molecule is CC(O)c1ccccc1NC(C)c1ccc(N(C)C)cc1. The van der Waals surface area contributed by atoms with E-state index in [1.807, 2.05) is 38.4 Å². The first kappa shape index (κ1) is 15.4. The van der Waals surface area contributed by atoms with Crippen LogP contribution in [0.3, 0.4) is 0 Å². The van der Waals surface area contributed by atoms with Crippen LogP contribution >= 0.6 is 0 Å². The molecule has 0 radical (unpaired) electrons. The maximum atomic E-state index is 9.84. The van der Waals surface area contributed by atoms with Crippen molar-refractivity contribution in [3.63, 3.8) is 0 Å². The second-order valence-corrected chi connectivity index (χ2v) is 5.62. The molecule has 3 heteroatoms. The zero-order valence-corrected chi connectivity index (χ0v) is 13.2. The molecular weight excluding hydrogens is 260 g/mol. The van der Waals surface area contributed by atoms with Crippen LogP contribution in [0.2, 0.25) is 0 Å². The standard InChI is InChI=1S/C18H24N2O/c1-13(15-9-11-16(12-10-15)20(3)4)19-18-8-6-5-7-17(18)14(2)21/h5-14,19,21H,1-4H3. The molecule has 3 nitrogen and oxygen atoms in total. The van der Waals surface area contributed by atoms with Crippen LogP contribution in [-0.4, -0.2) is 19.2 Å². The third-order valence-electron chi connectivity index (χ3n) is 3.69. The lowest BCUT2D eigenvalue weighted by molar-refractivity contribution is 0.200. The van der Waals surface area contributed by atoms with E-state index >= 15 is 0 Å². The molecule has 0 spiro atoms. The molecule has 0 bridgehead atoms. The Balaban J connectivity index is 2.16. The molecule has 0 fully saturated rings. The predicted molar refractivity (Wildman–Crippen MR) is 89.9 cm³/mol. The van der Waals surface area contributed by atoms with Crippen molar-refractivity contribution in [2.75, 3.05) is 24.3 Å². The predicted octanol–water partition coefficient (Wildman–Crippen LogP) is 3.98. The van der Waals surface area contributed by atoms with Gasteiger partial charge in [-0.15, -0.1) is 0 Å². The topological polar surface area (TPSA) is 35.5 Å². The minimum Gasteiger partial charge on any atom is -0.389 e. The molecule has 0 saturated heterocycles. The zero-order valence-electron chi connectivity index (χ0n) is 13.2. The van der Waals surface area contributed by atoms with E-state index in [1.165, 1.54) is 11.3 Å². The lowest BCUT2D eigenvalue weighted by Crippen LogP contribution is -2.11. The molecule has 0 heterocycles. The number of nitrogens with zero attached hydrogens (tertiary/aromatic N) is 1. The van der Waals surface area contributed by atoms with Crippen LogP contribution in [-0.2, 0) is 0 Å². The van der Waals surface area contributed by atoms with Gasteiger partial charge in [-0.1, -0.05) is 30.3 Å². The molecule has 2 rings (SSSR count). The lowest BCUT2D eigenvalue weighted by atomic mass is 10.0. The molecule has 2 unspecified atom stereocenters. The number of rotatable bonds is 5. The Labute approximate surface area is 127 Å². The van der Waals surface area contributed by atoms with Crippen molar-refractivity contribution < 1.29 is 5.11 Å². The number of aliphatic hydroxyl groups excluding tert-OH is 1. The number of para-hydroxylation sites is 1. The van der Waals surface area contributed by atoms with Crippen molar-refractivity contribution in [3.8, 4) is 0 Å². The summed E-state index contributed by atoms with van der Waals surface area (Å²) < 4.78 is 0. The molecular formula is C18H24N2O. The second-order valence-electron chi connectivity index (χ2n) is 5.62. The average molecular weight is 284 g/mol. The van der Waals surface area contributed by atoms with Gasteiger partial charge in [-0.05, 0) is 37.6 Å². The molecule has 112 valence electrons. The average Bonchev–Trinajstić information content (AvgIpc) is 2.47. The normalized spacial score (nSPS) is 13.6. The molecule has 0 aromatic heterocycles. The summed E-state index contributed by atoms with van der Waals surface area (Å²) >= 11 is 0. The molecule has 0 aliphatic carbocycles. The van der Waals surface area contributed by atoms with Crippen molar-refractivity contribution >= 4 is 11.4 Å². The van der Waals surface area contributed by atoms with E-state index in [4.69, 9.17) is 0 Å². The Bertz CT molecular complexity index is 576. The molecule has 0 aliphatic heterocycles. The van der Waals surface area contributed by atoms with E-state index in [2.05, 4.69) is 41.4 Å². The molecule has 0 saturated carbocycles. The zero-order chi connectivity index (χ0) is 15.4. The summed E-state index contributed by atoms with van der Waals surface area (Å²) in [4.78, 5) is 2.09. The highest BCUT2D eigenvalue weighted by Crippen LogP contribution is 2.27. The summed E-state index contributed by atoms with van der Waals surface area (Å²) in [7, 11) is 4.07. The largest absolute Gasteiger partial charge is 0.389 e. The van der Waals surface area contributed by atoms with Crippen molar-refractivity contribution in [1.29, 1.82) is 0 Å². The minimum absolute atomic E-state index is 0.182. The Morgan fingerprint density at radius 1 is 0.952 bits per heavy atom. The van der Waals surface area contributed by atoms with Gasteiger partial charge < -0.3 is 15.3 Å². The first-order valence-electron chi connectivity index (χ1n) is 7.30. The van der Waals surface area contributed by atoms with Gasteiger partial charge >= 0.3 is 0 Å². The Hall–Kier alpha value is -2.00. The van der Waals surface area contributed by atoms with Crippen LogP contribution in [0.1, 0.15) is 37.1 Å². The van der Waals surface area contributed by atoms with E-state index in [0.29, 0.717) is 0 Å². The highest BCUT2D eigenvalue weighted by atomic mass is 16.3. The lowest BCUT2D eigenvalue weighted by Gasteiger charge is -2.20. The number of benzene rings is 2. The molecule has 2 aromatic carbocycles. The van der Waals surface area contributed by atoms with Gasteiger partial charge in [-0.3, -0.25) is 0 Å². The van der Waals surface area contributed by atoms with E-state index in [9.17, 15) is 5.11 Å². The summed E-state index contributed by atoms with van der Waals surface area (Å²) in [5, 5.41) is 13.3. The molecule has 2 N–H and O–H groups in total. The molecule has 0 aliphatic rings. The highest BCUT2D eigenvalue weighted by Gasteiger charge is 2.11. The summed E-state index contributed by atoms with van der Waals surface area (Å²) in [6, 6.07) is 16.6. The van der Waals surface area contributed by atoms with Crippen molar-refractivity contribution in [3.05, 3.63) is 59.7 Å². The molecule has 2 aromatic rings. The fourth-order valence-electron chi connectivity index (χ4n) is 2.37. The number of hydrogen-bond acceptors (Lipinski definition) is 3. The van der Waals surface area contributed by atoms with Gasteiger partial charge in [0.05, 0.1) is 6.10 Å². The number of anilines is 2. The third-order valence-corrected chi connectivity index (χ3v) is 3.69. The van der Waals surface area contributed by atoms with Crippen molar-refractivity contribution in [2.45, 2.75) is 26.0 Å². The van der Waals surface area contributed by atoms with Crippen LogP contribution in [0.4, 0.5) is 11.4 Å². The van der Waals surface area contributed by atoms with E-state index in [-0.39, 0.29) is 6.04 Å². The van der Waals surface area contributed by atoms with Gasteiger partial charge in [0.25, 0.3) is 0 Å². The van der Waals surface area contributed by atoms with Crippen molar-refractivity contribution in [2.24, 2.45) is 0 Å². The monoisotopic (exact) mass is 284 g/mol. The number of hydrogen-bond donors (Lipinski definition) is 2. The quantitative estimate of drug-likeness (QED) is 0.871. The minimum atomic E-state index is -0.475. The number of aliphatic hydroxyl groups is 1. The maximum Gasteiger partial charge on any atom is 0.0781 e. The van der Waals surface area contributed by atoms with E-state index in [1.54, 1.807) is 6.92 Å². The summed E-state index contributed by atoms with van der Waals surface area (Å²) in [5.41, 5.74) is 4.32. The molecule has 21 heavy (non-hydrogen) atoms. The van der Waals surface area contributed by atoms with E-state index < -0.39 is 6.10 Å². The summed E-state index contributed by atoms with van der Waals surface area (Å²) in [6.45, 7) is 3.92. The fourth-order valence-corrected chi connectivity index (χ4v) is 2.37. The van der Waals surface area contributed by atoms with Crippen LogP contribution in [0.5, 0.6) is 0 Å². The first-order chi connectivity index (χ1) is 9.99. The summed E-state index contributed by atoms with van der Waals surface area (Å²) in [5.74, 6) is 0. The smallest absolute Gasteiger partial charge is 0.0781 e. The van der Waals surface area contributed by atoms with Crippen molar-refractivity contribution in [1.82, 2.24) is 0 Å². The van der Waals surface area contributed by atoms with Gasteiger partial charge in [0.2, 0.25) is 0 Å². The molecule has 0 amide bonds. The first-order valence-corrected chi connectivity index (χ1v) is 7.30. The van der Waals surface area contributed by atoms with Gasteiger partial charge in [-0.2, -0.15) is 0 Å². The second kappa shape index (κ2) is 6.64. The Morgan fingerprint density at radius 3 is 2.14 bits per heavy atom. The van der Waals surface area contributed by atoms with Gasteiger partial charge in [-0.25, -0.2) is 0 Å². The Morgan fingerprint density at radius 2 is 1.57 bits per heavy atom. The van der Waals surface area contributed by atoms with Crippen LogP contribution in [0, 0.1) is 0 Å². The van der Waals surface area contributed by atoms with Gasteiger partial charge in [0.15, 0.2) is 0 Å². The van der Waals surface area contributed by atoms with Crippen LogP contribution < -0.4 is 10.2 Å². The fraction of sp³-hybridized carbons (Fsp3) is 0.333. The van der Waals surface area contributed by atoms with Gasteiger partial charge in [0.1, 0.15) is 0 Å². The maximum absolute atomic E-state index is 9.84. The third kappa shape index (κ3) is 3.76. The summed E-state index contributed by atoms with van der Waals surface area (Å²) in [6.07, 6.45) is -0.475. The molecule has 2 atom stereocenters.